The third-order valence-corrected chi connectivity index (χ3v) is 2.43. The SMILES string of the molecule is N#Cc1nc2nc[nH]c2c2c1CC=C2. The van der Waals surface area contributed by atoms with E-state index in [-0.39, 0.29) is 0 Å². The lowest BCUT2D eigenvalue weighted by atomic mass is 10.1. The molecule has 14 heavy (non-hydrogen) atoms. The number of pyridine rings is 1. The second-order valence-electron chi connectivity index (χ2n) is 3.17. The van der Waals surface area contributed by atoms with Crippen LogP contribution >= 0.6 is 0 Å². The Morgan fingerprint density at radius 2 is 2.43 bits per heavy atom. The fourth-order valence-electron chi connectivity index (χ4n) is 1.80. The summed E-state index contributed by atoms with van der Waals surface area (Å²) < 4.78 is 0. The summed E-state index contributed by atoms with van der Waals surface area (Å²) in [5, 5.41) is 8.92. The Bertz CT molecular complexity index is 586. The molecule has 0 bridgehead atoms. The normalized spacial score (nSPS) is 13.1. The summed E-state index contributed by atoms with van der Waals surface area (Å²) in [4.78, 5) is 11.3. The van der Waals surface area contributed by atoms with Crippen LogP contribution in [0.5, 0.6) is 0 Å². The average molecular weight is 182 g/mol. The van der Waals surface area contributed by atoms with Gasteiger partial charge in [0.25, 0.3) is 0 Å². The summed E-state index contributed by atoms with van der Waals surface area (Å²) in [5.41, 5.74) is 4.09. The second kappa shape index (κ2) is 2.42. The molecule has 0 fully saturated rings. The summed E-state index contributed by atoms with van der Waals surface area (Å²) in [6.45, 7) is 0. The number of aromatic amines is 1. The molecule has 0 spiro atoms. The minimum absolute atomic E-state index is 0.490. The predicted octanol–water partition coefficient (Wildman–Crippen LogP) is 1.40. The predicted molar refractivity (Wildman–Crippen MR) is 51.3 cm³/mol. The fourth-order valence-corrected chi connectivity index (χ4v) is 1.80. The number of hydrogen-bond acceptors (Lipinski definition) is 3. The molecule has 1 aliphatic carbocycles. The Balaban J connectivity index is 2.52. The van der Waals surface area contributed by atoms with Crippen LogP contribution in [0, 0.1) is 11.3 Å². The Hall–Kier alpha value is -2.15. The molecule has 0 radical (unpaired) electrons. The zero-order valence-electron chi connectivity index (χ0n) is 7.28. The van der Waals surface area contributed by atoms with E-state index >= 15 is 0 Å². The maximum absolute atomic E-state index is 8.92. The van der Waals surface area contributed by atoms with Crippen LogP contribution in [0.15, 0.2) is 12.4 Å². The minimum Gasteiger partial charge on any atom is -0.343 e. The molecule has 66 valence electrons. The van der Waals surface area contributed by atoms with Crippen molar-refractivity contribution in [3.05, 3.63) is 29.2 Å². The smallest absolute Gasteiger partial charge is 0.179 e. The van der Waals surface area contributed by atoms with Crippen LogP contribution < -0.4 is 0 Å². The summed E-state index contributed by atoms with van der Waals surface area (Å²) in [7, 11) is 0. The van der Waals surface area contributed by atoms with Crippen LogP contribution in [0.3, 0.4) is 0 Å². The molecule has 4 heteroatoms. The monoisotopic (exact) mass is 182 g/mol. The van der Waals surface area contributed by atoms with Gasteiger partial charge in [-0.2, -0.15) is 5.26 Å². The number of nitrogens with one attached hydrogen (secondary N) is 1. The van der Waals surface area contributed by atoms with Gasteiger partial charge in [-0.05, 0) is 6.42 Å². The Kier molecular flexibility index (Phi) is 1.26. The van der Waals surface area contributed by atoms with Gasteiger partial charge >= 0.3 is 0 Å². The molecule has 2 aromatic rings. The van der Waals surface area contributed by atoms with Gasteiger partial charge in [-0.3, -0.25) is 0 Å². The highest BCUT2D eigenvalue weighted by atomic mass is 15.0. The van der Waals surface area contributed by atoms with Gasteiger partial charge in [0.1, 0.15) is 11.8 Å². The number of allylic oxidation sites excluding steroid dienone is 1. The number of H-pyrrole nitrogens is 1. The summed E-state index contributed by atoms with van der Waals surface area (Å²) >= 11 is 0. The van der Waals surface area contributed by atoms with E-state index in [0.717, 1.165) is 23.1 Å². The highest BCUT2D eigenvalue weighted by Crippen LogP contribution is 2.27. The number of imidazole rings is 1. The summed E-state index contributed by atoms with van der Waals surface area (Å²) in [6, 6.07) is 2.10. The molecule has 0 aromatic carbocycles. The molecule has 0 saturated carbocycles. The molecular weight excluding hydrogens is 176 g/mol. The molecule has 1 N–H and O–H groups in total. The second-order valence-corrected chi connectivity index (χ2v) is 3.17. The molecular formula is C10H6N4. The lowest BCUT2D eigenvalue weighted by Gasteiger charge is -2.00. The van der Waals surface area contributed by atoms with Gasteiger partial charge in [0.05, 0.1) is 11.8 Å². The zero-order chi connectivity index (χ0) is 9.54. The van der Waals surface area contributed by atoms with Gasteiger partial charge < -0.3 is 4.98 Å². The molecule has 1 aliphatic rings. The molecule has 0 unspecified atom stereocenters. The van der Waals surface area contributed by atoms with Gasteiger partial charge in [-0.15, -0.1) is 0 Å². The van der Waals surface area contributed by atoms with Crippen LogP contribution in [-0.4, -0.2) is 15.0 Å². The minimum atomic E-state index is 0.490. The average Bonchev–Trinajstić information content (AvgIpc) is 2.83. The number of nitriles is 1. The number of hydrogen-bond donors (Lipinski definition) is 1. The molecule has 3 rings (SSSR count). The van der Waals surface area contributed by atoms with Crippen LogP contribution in [0.25, 0.3) is 17.2 Å². The summed E-state index contributed by atoms with van der Waals surface area (Å²) in [6.07, 6.45) is 6.44. The first-order valence-corrected chi connectivity index (χ1v) is 4.33. The van der Waals surface area contributed by atoms with Gasteiger partial charge in [0, 0.05) is 11.1 Å². The number of fused-ring (bicyclic) bond motifs is 3. The molecule has 0 amide bonds. The third-order valence-electron chi connectivity index (χ3n) is 2.43. The number of aromatic nitrogens is 3. The van der Waals surface area contributed by atoms with Crippen LogP contribution in [0.4, 0.5) is 0 Å². The van der Waals surface area contributed by atoms with E-state index in [0.29, 0.717) is 11.3 Å². The van der Waals surface area contributed by atoms with E-state index in [4.69, 9.17) is 5.26 Å². The van der Waals surface area contributed by atoms with Gasteiger partial charge in [-0.1, -0.05) is 12.2 Å². The van der Waals surface area contributed by atoms with Crippen molar-refractivity contribution in [2.45, 2.75) is 6.42 Å². The summed E-state index contributed by atoms with van der Waals surface area (Å²) in [5.74, 6) is 0. The van der Waals surface area contributed by atoms with Crippen LogP contribution in [-0.2, 0) is 6.42 Å². The van der Waals surface area contributed by atoms with E-state index in [2.05, 4.69) is 21.0 Å². The van der Waals surface area contributed by atoms with Crippen molar-refractivity contribution in [3.8, 4) is 6.07 Å². The molecule has 2 aromatic heterocycles. The maximum Gasteiger partial charge on any atom is 0.179 e. The van der Waals surface area contributed by atoms with Crippen molar-refractivity contribution in [1.82, 2.24) is 15.0 Å². The van der Waals surface area contributed by atoms with E-state index < -0.39 is 0 Å². The van der Waals surface area contributed by atoms with Crippen LogP contribution in [0.1, 0.15) is 16.8 Å². The van der Waals surface area contributed by atoms with Crippen molar-refractivity contribution in [2.75, 3.05) is 0 Å². The first-order chi connectivity index (χ1) is 6.90. The topological polar surface area (TPSA) is 65.4 Å². The van der Waals surface area contributed by atoms with Crippen molar-refractivity contribution in [2.24, 2.45) is 0 Å². The van der Waals surface area contributed by atoms with Crippen molar-refractivity contribution >= 4 is 17.2 Å². The maximum atomic E-state index is 8.92. The number of rotatable bonds is 0. The Morgan fingerprint density at radius 3 is 3.29 bits per heavy atom. The van der Waals surface area contributed by atoms with Gasteiger partial charge in [0.15, 0.2) is 5.65 Å². The fraction of sp³-hybridized carbons (Fsp3) is 0.100. The van der Waals surface area contributed by atoms with Gasteiger partial charge in [0.2, 0.25) is 0 Å². The molecule has 0 saturated heterocycles. The lowest BCUT2D eigenvalue weighted by Crippen LogP contribution is -1.94. The molecule has 2 heterocycles. The highest BCUT2D eigenvalue weighted by Gasteiger charge is 2.16. The largest absolute Gasteiger partial charge is 0.343 e. The zero-order valence-corrected chi connectivity index (χ0v) is 7.28. The molecule has 0 atom stereocenters. The van der Waals surface area contributed by atoms with Crippen molar-refractivity contribution in [3.63, 3.8) is 0 Å². The standard InChI is InChI=1S/C10H6N4/c11-4-8-6-2-1-3-7(6)9-10(14-8)13-5-12-9/h1,3,5H,2H2,(H,12,13,14). The quantitative estimate of drug-likeness (QED) is 0.669. The van der Waals surface area contributed by atoms with Crippen molar-refractivity contribution in [1.29, 1.82) is 5.26 Å². The van der Waals surface area contributed by atoms with E-state index in [9.17, 15) is 0 Å². The first kappa shape index (κ1) is 7.27. The lowest BCUT2D eigenvalue weighted by molar-refractivity contribution is 1.19. The van der Waals surface area contributed by atoms with E-state index in [1.54, 1.807) is 6.33 Å². The third kappa shape index (κ3) is 0.761. The number of nitrogens with zero attached hydrogens (tertiary/aromatic N) is 3. The first-order valence-electron chi connectivity index (χ1n) is 4.33. The molecule has 0 aliphatic heterocycles. The van der Waals surface area contributed by atoms with Crippen LogP contribution in [0.2, 0.25) is 0 Å². The Morgan fingerprint density at radius 1 is 1.50 bits per heavy atom. The van der Waals surface area contributed by atoms with Crippen molar-refractivity contribution < 1.29 is 0 Å². The molecule has 4 nitrogen and oxygen atoms in total. The van der Waals surface area contributed by atoms with E-state index in [1.165, 1.54) is 0 Å². The van der Waals surface area contributed by atoms with E-state index in [1.807, 2.05) is 12.2 Å². The highest BCUT2D eigenvalue weighted by molar-refractivity contribution is 5.86. The van der Waals surface area contributed by atoms with Gasteiger partial charge in [-0.25, -0.2) is 9.97 Å². The Labute approximate surface area is 79.9 Å².